The smallest absolute Gasteiger partial charge is 0.335 e. The molecule has 0 saturated heterocycles. The van der Waals surface area contributed by atoms with E-state index in [-0.39, 0.29) is 0 Å². The summed E-state index contributed by atoms with van der Waals surface area (Å²) in [5, 5.41) is 8.89. The third-order valence-electron chi connectivity index (χ3n) is 2.24. The van der Waals surface area contributed by atoms with Crippen LogP contribution in [-0.4, -0.2) is 29.7 Å². The maximum atomic E-state index is 10.8. The quantitative estimate of drug-likeness (QED) is 0.804. The van der Waals surface area contributed by atoms with Crippen LogP contribution >= 0.6 is 11.8 Å². The zero-order valence-corrected chi connectivity index (χ0v) is 10.6. The summed E-state index contributed by atoms with van der Waals surface area (Å²) in [6, 6.07) is 3.29. The maximum absolute atomic E-state index is 10.8. The molecule has 88 valence electrons. The predicted molar refractivity (Wildman–Crippen MR) is 66.8 cm³/mol. The highest BCUT2D eigenvalue weighted by Crippen LogP contribution is 2.24. The van der Waals surface area contributed by atoms with Gasteiger partial charge in [0.05, 0.1) is 12.2 Å². The van der Waals surface area contributed by atoms with Crippen molar-refractivity contribution in [1.29, 1.82) is 0 Å². The Hall–Kier alpha value is -1.16. The molecule has 4 heteroatoms. The third kappa shape index (κ3) is 3.17. The number of carboxylic acid groups (broad SMARTS) is 1. The van der Waals surface area contributed by atoms with Gasteiger partial charge in [0.15, 0.2) is 0 Å². The van der Waals surface area contributed by atoms with Crippen LogP contribution in [0.1, 0.15) is 21.5 Å². The minimum absolute atomic E-state index is 0.312. The first-order valence-corrected chi connectivity index (χ1v) is 6.42. The predicted octanol–water partition coefficient (Wildman–Crippen LogP) is 2.74. The van der Waals surface area contributed by atoms with Gasteiger partial charge in [-0.25, -0.2) is 4.79 Å². The third-order valence-corrected chi connectivity index (χ3v) is 2.82. The van der Waals surface area contributed by atoms with Crippen molar-refractivity contribution in [2.75, 3.05) is 18.6 Å². The van der Waals surface area contributed by atoms with E-state index in [1.807, 2.05) is 20.1 Å². The van der Waals surface area contributed by atoms with Gasteiger partial charge in [0, 0.05) is 5.75 Å². The Balaban J connectivity index is 2.89. The van der Waals surface area contributed by atoms with E-state index in [2.05, 4.69) is 0 Å². The summed E-state index contributed by atoms with van der Waals surface area (Å²) in [7, 11) is 0. The van der Waals surface area contributed by atoms with Gasteiger partial charge < -0.3 is 9.84 Å². The molecule has 0 bridgehead atoms. The number of benzene rings is 1. The molecule has 0 aliphatic rings. The molecular formula is C12H16O3S. The SMILES string of the molecule is CSCCOc1c(C)cc(C(=O)O)cc1C. The van der Waals surface area contributed by atoms with Gasteiger partial charge in [-0.05, 0) is 43.4 Å². The molecule has 1 aromatic carbocycles. The molecule has 0 radical (unpaired) electrons. The van der Waals surface area contributed by atoms with Gasteiger partial charge >= 0.3 is 5.97 Å². The number of aryl methyl sites for hydroxylation is 2. The number of hydrogen-bond acceptors (Lipinski definition) is 3. The zero-order chi connectivity index (χ0) is 12.1. The second-order valence-electron chi connectivity index (χ2n) is 3.59. The molecular weight excluding hydrogens is 224 g/mol. The summed E-state index contributed by atoms with van der Waals surface area (Å²) in [5.41, 5.74) is 2.06. The van der Waals surface area contributed by atoms with Crippen molar-refractivity contribution in [2.24, 2.45) is 0 Å². The van der Waals surface area contributed by atoms with Gasteiger partial charge in [-0.15, -0.1) is 0 Å². The summed E-state index contributed by atoms with van der Waals surface area (Å²) in [6.45, 7) is 4.39. The lowest BCUT2D eigenvalue weighted by Crippen LogP contribution is -2.05. The fourth-order valence-electron chi connectivity index (χ4n) is 1.53. The number of hydrogen-bond donors (Lipinski definition) is 1. The summed E-state index contributed by atoms with van der Waals surface area (Å²) in [5.74, 6) is 0.834. The van der Waals surface area contributed by atoms with Gasteiger partial charge in [-0.2, -0.15) is 11.8 Å². The molecule has 3 nitrogen and oxygen atoms in total. The second kappa shape index (κ2) is 5.80. The fraction of sp³-hybridized carbons (Fsp3) is 0.417. The Kier molecular flexibility index (Phi) is 4.68. The molecule has 0 aromatic heterocycles. The number of carboxylic acids is 1. The number of aromatic carboxylic acids is 1. The van der Waals surface area contributed by atoms with Gasteiger partial charge in [-0.3, -0.25) is 0 Å². The Morgan fingerprint density at radius 3 is 2.38 bits per heavy atom. The monoisotopic (exact) mass is 240 g/mol. The normalized spacial score (nSPS) is 10.2. The van der Waals surface area contributed by atoms with E-state index < -0.39 is 5.97 Å². The number of rotatable bonds is 5. The van der Waals surface area contributed by atoms with Crippen molar-refractivity contribution in [2.45, 2.75) is 13.8 Å². The molecule has 0 fully saturated rings. The van der Waals surface area contributed by atoms with Crippen LogP contribution in [0.3, 0.4) is 0 Å². The topological polar surface area (TPSA) is 46.5 Å². The fourth-order valence-corrected chi connectivity index (χ4v) is 1.78. The van der Waals surface area contributed by atoms with Crippen molar-refractivity contribution >= 4 is 17.7 Å². The van der Waals surface area contributed by atoms with E-state index in [1.54, 1.807) is 23.9 Å². The Morgan fingerprint density at radius 1 is 1.38 bits per heavy atom. The maximum Gasteiger partial charge on any atom is 0.335 e. The van der Waals surface area contributed by atoms with Gasteiger partial charge in [0.2, 0.25) is 0 Å². The highest BCUT2D eigenvalue weighted by molar-refractivity contribution is 7.98. The van der Waals surface area contributed by atoms with Crippen molar-refractivity contribution in [3.05, 3.63) is 28.8 Å². The lowest BCUT2D eigenvalue weighted by atomic mass is 10.1. The number of thioether (sulfide) groups is 1. The molecule has 16 heavy (non-hydrogen) atoms. The first kappa shape index (κ1) is 12.9. The molecule has 0 aliphatic heterocycles. The van der Waals surface area contributed by atoms with Crippen molar-refractivity contribution in [1.82, 2.24) is 0 Å². The Bertz CT molecular complexity index is 365. The van der Waals surface area contributed by atoms with Crippen LogP contribution in [0.2, 0.25) is 0 Å². The van der Waals surface area contributed by atoms with E-state index >= 15 is 0 Å². The molecule has 0 spiro atoms. The van der Waals surface area contributed by atoms with Crippen LogP contribution < -0.4 is 4.74 Å². The zero-order valence-electron chi connectivity index (χ0n) is 9.74. The highest BCUT2D eigenvalue weighted by Gasteiger charge is 2.10. The van der Waals surface area contributed by atoms with Crippen LogP contribution in [0.15, 0.2) is 12.1 Å². The molecule has 0 atom stereocenters. The molecule has 0 aliphatic carbocycles. The average Bonchev–Trinajstić information content (AvgIpc) is 2.21. The molecule has 0 unspecified atom stereocenters. The van der Waals surface area contributed by atoms with Crippen LogP contribution in [0.5, 0.6) is 5.75 Å². The summed E-state index contributed by atoms with van der Waals surface area (Å²) in [4.78, 5) is 10.8. The van der Waals surface area contributed by atoms with Crippen molar-refractivity contribution in [3.8, 4) is 5.75 Å². The molecule has 0 saturated carbocycles. The lowest BCUT2D eigenvalue weighted by Gasteiger charge is -2.12. The van der Waals surface area contributed by atoms with E-state index in [4.69, 9.17) is 9.84 Å². The minimum Gasteiger partial charge on any atom is -0.492 e. The van der Waals surface area contributed by atoms with Gasteiger partial charge in [0.1, 0.15) is 5.75 Å². The van der Waals surface area contributed by atoms with Gasteiger partial charge in [0.25, 0.3) is 0 Å². The molecule has 1 N–H and O–H groups in total. The molecule has 0 amide bonds. The van der Waals surface area contributed by atoms with Crippen LogP contribution in [-0.2, 0) is 0 Å². The molecule has 0 heterocycles. The standard InChI is InChI=1S/C12H16O3S/c1-8-6-10(12(13)14)7-9(2)11(8)15-4-5-16-3/h6-7H,4-5H2,1-3H3,(H,13,14). The first-order chi connectivity index (χ1) is 7.56. The average molecular weight is 240 g/mol. The summed E-state index contributed by atoms with van der Waals surface area (Å²) >= 11 is 1.72. The van der Waals surface area contributed by atoms with Crippen LogP contribution in [0, 0.1) is 13.8 Å². The van der Waals surface area contributed by atoms with E-state index in [0.29, 0.717) is 12.2 Å². The summed E-state index contributed by atoms with van der Waals surface area (Å²) < 4.78 is 5.63. The largest absolute Gasteiger partial charge is 0.492 e. The van der Waals surface area contributed by atoms with E-state index in [9.17, 15) is 4.79 Å². The molecule has 1 aromatic rings. The highest BCUT2D eigenvalue weighted by atomic mass is 32.2. The van der Waals surface area contributed by atoms with Crippen molar-refractivity contribution in [3.63, 3.8) is 0 Å². The Morgan fingerprint density at radius 2 is 1.94 bits per heavy atom. The first-order valence-electron chi connectivity index (χ1n) is 5.02. The van der Waals surface area contributed by atoms with E-state index in [1.165, 1.54) is 0 Å². The second-order valence-corrected chi connectivity index (χ2v) is 4.57. The minimum atomic E-state index is -0.901. The van der Waals surface area contributed by atoms with Gasteiger partial charge in [-0.1, -0.05) is 0 Å². The lowest BCUT2D eigenvalue weighted by molar-refractivity contribution is 0.0696. The molecule has 1 rings (SSSR count). The number of ether oxygens (including phenoxy) is 1. The summed E-state index contributed by atoms with van der Waals surface area (Å²) in [6.07, 6.45) is 2.02. The van der Waals surface area contributed by atoms with Crippen molar-refractivity contribution < 1.29 is 14.6 Å². The number of carbonyl (C=O) groups is 1. The van der Waals surface area contributed by atoms with Crippen LogP contribution in [0.25, 0.3) is 0 Å². The van der Waals surface area contributed by atoms with E-state index in [0.717, 1.165) is 22.6 Å². The van der Waals surface area contributed by atoms with Crippen LogP contribution in [0.4, 0.5) is 0 Å². The Labute approximate surface area is 99.8 Å².